The molecule has 0 bridgehead atoms. The number of aromatic nitrogens is 2. The van der Waals surface area contributed by atoms with Crippen LogP contribution in [0.15, 0.2) is 54.9 Å². The van der Waals surface area contributed by atoms with Crippen LogP contribution >= 0.6 is 0 Å². The van der Waals surface area contributed by atoms with Crippen molar-refractivity contribution in [2.24, 2.45) is 5.92 Å². The van der Waals surface area contributed by atoms with Gasteiger partial charge in [-0.2, -0.15) is 5.10 Å². The summed E-state index contributed by atoms with van der Waals surface area (Å²) in [7, 11) is 0. The van der Waals surface area contributed by atoms with E-state index < -0.39 is 5.60 Å². The van der Waals surface area contributed by atoms with E-state index in [0.717, 1.165) is 79.9 Å². The van der Waals surface area contributed by atoms with E-state index in [1.807, 2.05) is 49.3 Å². The second kappa shape index (κ2) is 14.2. The topological polar surface area (TPSA) is 103 Å². The SMILES string of the molecule is CCCOc1cc(-c2cn[nH]c2)ccc1CN(C(=O)C1CCCN(c2cccc(OC(C)(C)C(=O)N3CCNCC3)c2)C1)C1CC1. The molecule has 3 aromatic rings. The third-order valence-electron chi connectivity index (χ3n) is 9.22. The predicted molar refractivity (Wildman–Crippen MR) is 179 cm³/mol. The first kappa shape index (κ1) is 31.9. The number of H-pyrrole nitrogens is 1. The van der Waals surface area contributed by atoms with Crippen LogP contribution in [0.3, 0.4) is 0 Å². The lowest BCUT2D eigenvalue weighted by atomic mass is 9.95. The summed E-state index contributed by atoms with van der Waals surface area (Å²) >= 11 is 0. The van der Waals surface area contributed by atoms with Crippen LogP contribution in [-0.4, -0.2) is 89.3 Å². The molecule has 3 heterocycles. The first-order valence-corrected chi connectivity index (χ1v) is 16.9. The van der Waals surface area contributed by atoms with E-state index in [-0.39, 0.29) is 23.8 Å². The van der Waals surface area contributed by atoms with E-state index >= 15 is 0 Å². The fourth-order valence-electron chi connectivity index (χ4n) is 6.55. The number of carbonyl (C=O) groups excluding carboxylic acids is 2. The van der Waals surface area contributed by atoms with Gasteiger partial charge in [0.15, 0.2) is 5.60 Å². The molecule has 3 aliphatic rings. The molecule has 10 nitrogen and oxygen atoms in total. The van der Waals surface area contributed by atoms with Gasteiger partial charge in [-0.25, -0.2) is 0 Å². The number of nitrogens with one attached hydrogen (secondary N) is 2. The zero-order chi connectivity index (χ0) is 32.1. The highest BCUT2D eigenvalue weighted by molar-refractivity contribution is 5.85. The molecular weight excluding hydrogens is 580 g/mol. The molecule has 2 N–H and O–H groups in total. The predicted octanol–water partition coefficient (Wildman–Crippen LogP) is 4.86. The number of anilines is 1. The van der Waals surface area contributed by atoms with Crippen molar-refractivity contribution in [3.8, 4) is 22.6 Å². The summed E-state index contributed by atoms with van der Waals surface area (Å²) in [4.78, 5) is 33.7. The van der Waals surface area contributed by atoms with Crippen LogP contribution in [0.4, 0.5) is 5.69 Å². The number of rotatable bonds is 12. The van der Waals surface area contributed by atoms with Gasteiger partial charge in [0.1, 0.15) is 11.5 Å². The highest BCUT2D eigenvalue weighted by Gasteiger charge is 2.38. The van der Waals surface area contributed by atoms with Gasteiger partial charge in [0.2, 0.25) is 5.91 Å². The van der Waals surface area contributed by atoms with Gasteiger partial charge in [-0.05, 0) is 69.7 Å². The Kier molecular flexibility index (Phi) is 9.82. The summed E-state index contributed by atoms with van der Waals surface area (Å²) in [5.41, 5.74) is 3.13. The zero-order valence-corrected chi connectivity index (χ0v) is 27.5. The molecule has 46 heavy (non-hydrogen) atoms. The molecule has 6 rings (SSSR count). The molecule has 1 atom stereocenters. The lowest BCUT2D eigenvalue weighted by Gasteiger charge is -2.37. The van der Waals surface area contributed by atoms with Crippen LogP contribution in [0.1, 0.15) is 58.4 Å². The molecule has 10 heteroatoms. The quantitative estimate of drug-likeness (QED) is 0.295. The molecule has 0 radical (unpaired) electrons. The number of nitrogens with zero attached hydrogens (tertiary/aromatic N) is 4. The number of aromatic amines is 1. The Morgan fingerprint density at radius 2 is 1.87 bits per heavy atom. The number of ether oxygens (including phenoxy) is 2. The summed E-state index contributed by atoms with van der Waals surface area (Å²) in [5, 5.41) is 10.3. The maximum absolute atomic E-state index is 14.2. The number of benzene rings is 2. The van der Waals surface area contributed by atoms with Crippen molar-refractivity contribution < 1.29 is 19.1 Å². The van der Waals surface area contributed by atoms with Gasteiger partial charge in [0, 0.05) is 80.9 Å². The Bertz CT molecular complexity index is 1480. The molecule has 1 unspecified atom stereocenters. The van der Waals surface area contributed by atoms with Crippen LogP contribution in [0.5, 0.6) is 11.5 Å². The molecule has 0 spiro atoms. The third kappa shape index (κ3) is 7.49. The van der Waals surface area contributed by atoms with E-state index in [0.29, 0.717) is 38.5 Å². The van der Waals surface area contributed by atoms with Crippen molar-refractivity contribution in [2.45, 2.75) is 71.1 Å². The molecule has 2 aliphatic heterocycles. The van der Waals surface area contributed by atoms with Crippen LogP contribution in [0.25, 0.3) is 11.1 Å². The Labute approximate surface area is 272 Å². The van der Waals surface area contributed by atoms with E-state index in [1.54, 1.807) is 0 Å². The van der Waals surface area contributed by atoms with Gasteiger partial charge in [-0.3, -0.25) is 14.7 Å². The summed E-state index contributed by atoms with van der Waals surface area (Å²) in [6.45, 7) is 11.5. The number of carbonyl (C=O) groups is 2. The molecule has 3 fully saturated rings. The summed E-state index contributed by atoms with van der Waals surface area (Å²) in [6, 6.07) is 14.5. The average molecular weight is 629 g/mol. The monoisotopic (exact) mass is 628 g/mol. The van der Waals surface area contributed by atoms with E-state index in [1.165, 1.54) is 0 Å². The molecule has 1 aromatic heterocycles. The van der Waals surface area contributed by atoms with Crippen LogP contribution in [0.2, 0.25) is 0 Å². The van der Waals surface area contributed by atoms with E-state index in [9.17, 15) is 9.59 Å². The highest BCUT2D eigenvalue weighted by atomic mass is 16.5. The Morgan fingerprint density at radius 1 is 1.04 bits per heavy atom. The number of piperidine rings is 1. The van der Waals surface area contributed by atoms with Gasteiger partial charge >= 0.3 is 0 Å². The van der Waals surface area contributed by atoms with Crippen molar-refractivity contribution in [1.82, 2.24) is 25.3 Å². The van der Waals surface area contributed by atoms with Crippen molar-refractivity contribution in [3.05, 3.63) is 60.4 Å². The molecule has 1 aliphatic carbocycles. The Balaban J connectivity index is 1.14. The fraction of sp³-hybridized carbons (Fsp3) is 0.528. The maximum Gasteiger partial charge on any atom is 0.266 e. The van der Waals surface area contributed by atoms with Crippen molar-refractivity contribution in [1.29, 1.82) is 0 Å². The minimum Gasteiger partial charge on any atom is -0.493 e. The number of hydrogen-bond acceptors (Lipinski definition) is 7. The van der Waals surface area contributed by atoms with Gasteiger partial charge in [-0.1, -0.05) is 25.1 Å². The van der Waals surface area contributed by atoms with E-state index in [4.69, 9.17) is 9.47 Å². The minimum absolute atomic E-state index is 0.00238. The zero-order valence-electron chi connectivity index (χ0n) is 27.5. The number of hydrogen-bond donors (Lipinski definition) is 2. The van der Waals surface area contributed by atoms with Crippen molar-refractivity contribution >= 4 is 17.5 Å². The second-order valence-electron chi connectivity index (χ2n) is 13.3. The molecule has 2 aromatic carbocycles. The first-order valence-electron chi connectivity index (χ1n) is 16.9. The smallest absolute Gasteiger partial charge is 0.266 e. The second-order valence-corrected chi connectivity index (χ2v) is 13.3. The summed E-state index contributed by atoms with van der Waals surface area (Å²) < 4.78 is 12.5. The fourth-order valence-corrected chi connectivity index (χ4v) is 6.55. The number of amides is 2. The minimum atomic E-state index is -0.975. The standard InChI is InChI=1S/C36H48N6O4/c1-4-19-45-33-20-26(29-22-38-39-23-29)10-11-27(33)25-42(30-12-13-30)34(43)28-7-6-16-41(24-28)31-8-5-9-32(21-31)46-36(2,3)35(44)40-17-14-37-15-18-40/h5,8-11,20-23,28,30,37H,4,6-7,12-19,24-25H2,1-3H3,(H,38,39). The van der Waals surface area contributed by atoms with E-state index in [2.05, 4.69) is 56.5 Å². The third-order valence-corrected chi connectivity index (χ3v) is 9.22. The Hall–Kier alpha value is -4.05. The molecule has 1 saturated carbocycles. The van der Waals surface area contributed by atoms with Crippen LogP contribution in [0, 0.1) is 5.92 Å². The van der Waals surface area contributed by atoms with Gasteiger partial charge in [0.05, 0.1) is 18.7 Å². The molecular formula is C36H48N6O4. The highest BCUT2D eigenvalue weighted by Crippen LogP contribution is 2.36. The molecule has 2 saturated heterocycles. The van der Waals surface area contributed by atoms with Crippen molar-refractivity contribution in [2.75, 3.05) is 50.8 Å². The summed E-state index contributed by atoms with van der Waals surface area (Å²) in [6.07, 6.45) is 8.50. The first-order chi connectivity index (χ1) is 22.3. The Morgan fingerprint density at radius 3 is 2.61 bits per heavy atom. The van der Waals surface area contributed by atoms with Crippen LogP contribution < -0.4 is 19.7 Å². The molecule has 2 amide bonds. The average Bonchev–Trinajstić information content (AvgIpc) is 3.78. The summed E-state index contributed by atoms with van der Waals surface area (Å²) in [5.74, 6) is 1.64. The normalized spacial score (nSPS) is 18.7. The number of piperazine rings is 1. The van der Waals surface area contributed by atoms with Crippen molar-refractivity contribution in [3.63, 3.8) is 0 Å². The molecule has 246 valence electrons. The van der Waals surface area contributed by atoms with Gasteiger partial charge in [0.25, 0.3) is 5.91 Å². The maximum atomic E-state index is 14.2. The van der Waals surface area contributed by atoms with Gasteiger partial charge in [-0.15, -0.1) is 0 Å². The van der Waals surface area contributed by atoms with Crippen LogP contribution in [-0.2, 0) is 16.1 Å². The lowest BCUT2D eigenvalue weighted by molar-refractivity contribution is -0.146. The lowest BCUT2D eigenvalue weighted by Crippen LogP contribution is -2.54. The largest absolute Gasteiger partial charge is 0.493 e. The van der Waals surface area contributed by atoms with Gasteiger partial charge < -0.3 is 29.5 Å².